The molecule has 0 unspecified atom stereocenters. The van der Waals surface area contributed by atoms with Gasteiger partial charge in [-0.1, -0.05) is 88.4 Å². The van der Waals surface area contributed by atoms with Gasteiger partial charge in [0.25, 0.3) is 0 Å². The van der Waals surface area contributed by atoms with Crippen LogP contribution < -0.4 is 27.0 Å². The minimum Gasteiger partial charge on any atom is -0.343 e. The number of likely N-dealkylation sites (N-methyl/N-ethyl adjacent to an activating group) is 1. The lowest BCUT2D eigenvalue weighted by Crippen LogP contribution is -2.59. The Hall–Kier alpha value is -4.25. The van der Waals surface area contributed by atoms with Gasteiger partial charge in [-0.25, -0.2) is 0 Å². The Kier molecular flexibility index (Phi) is 14.4. The fraction of sp³-hybridized carbons (Fsp3) is 0.528. The van der Waals surface area contributed by atoms with Crippen molar-refractivity contribution in [1.29, 1.82) is 0 Å². The summed E-state index contributed by atoms with van der Waals surface area (Å²) in [6, 6.07) is 13.7. The van der Waals surface area contributed by atoms with Crippen LogP contribution >= 0.6 is 0 Å². The van der Waals surface area contributed by atoms with Crippen LogP contribution in [0.4, 0.5) is 0 Å². The second kappa shape index (κ2) is 18.2. The smallest absolute Gasteiger partial charge is 0.245 e. The van der Waals surface area contributed by atoms with Gasteiger partial charge in [-0.15, -0.1) is 0 Å². The molecule has 6 N–H and O–H groups in total. The fourth-order valence-electron chi connectivity index (χ4n) is 5.72. The van der Waals surface area contributed by atoms with Gasteiger partial charge in [-0.2, -0.15) is 0 Å². The van der Waals surface area contributed by atoms with E-state index in [0.29, 0.717) is 32.2 Å². The maximum Gasteiger partial charge on any atom is 0.245 e. The molecule has 0 saturated carbocycles. The zero-order valence-corrected chi connectivity index (χ0v) is 28.3. The van der Waals surface area contributed by atoms with Gasteiger partial charge in [-0.05, 0) is 55.2 Å². The molecule has 0 aliphatic carbocycles. The molecule has 1 fully saturated rings. The number of amides is 5. The minimum absolute atomic E-state index is 0.0339. The fourth-order valence-corrected chi connectivity index (χ4v) is 5.72. The number of hydrogen-bond donors (Lipinski definition) is 5. The van der Waals surface area contributed by atoms with E-state index in [1.807, 2.05) is 88.4 Å². The van der Waals surface area contributed by atoms with Crippen LogP contribution in [0.15, 0.2) is 60.7 Å². The number of nitrogens with one attached hydrogen (secondary N) is 4. The van der Waals surface area contributed by atoms with Crippen molar-refractivity contribution in [3.63, 3.8) is 0 Å². The van der Waals surface area contributed by atoms with Gasteiger partial charge in [0.2, 0.25) is 29.5 Å². The summed E-state index contributed by atoms with van der Waals surface area (Å²) >= 11 is 0. The maximum atomic E-state index is 14.2. The van der Waals surface area contributed by atoms with E-state index in [0.717, 1.165) is 11.1 Å². The molecule has 11 heteroatoms. The van der Waals surface area contributed by atoms with E-state index in [1.54, 1.807) is 7.05 Å². The normalized spacial score (nSPS) is 23.4. The molecule has 1 aliphatic rings. The van der Waals surface area contributed by atoms with Gasteiger partial charge in [0.05, 0.1) is 0 Å². The van der Waals surface area contributed by atoms with Crippen LogP contribution in [-0.4, -0.2) is 78.2 Å². The number of carbonyl (C=O) groups excluding carboxylic acids is 5. The summed E-state index contributed by atoms with van der Waals surface area (Å²) in [5.74, 6) is -2.81. The molecule has 5 amide bonds. The Labute approximate surface area is 278 Å². The van der Waals surface area contributed by atoms with Gasteiger partial charge < -0.3 is 31.9 Å². The first kappa shape index (κ1) is 37.2. The van der Waals surface area contributed by atoms with E-state index < -0.39 is 59.7 Å². The summed E-state index contributed by atoms with van der Waals surface area (Å²) in [7, 11) is 1.54. The standard InChI is InChI=1S/C36H52N6O5/c1-23(2)20-28-33(44)38-27(18-12-13-19-37)32(43)41-31(24(3)4)36(47)42(5)30(22-26-16-10-7-11-17-26)35(46)40-29(34(45)39-28)21-25-14-8-6-9-15-25/h6-11,14-17,23-24,27-31H,12-13,18-22,37H2,1-5H3,(H,38,44)(H,39,45)(H,40,46)(H,41,43)/t27-,28-,29-,30+,31-/m0/s1. The third kappa shape index (κ3) is 11.2. The first-order valence-corrected chi connectivity index (χ1v) is 16.7. The second-order valence-corrected chi connectivity index (χ2v) is 13.2. The third-order valence-corrected chi connectivity index (χ3v) is 8.46. The molecule has 1 saturated heterocycles. The Morgan fingerprint density at radius 1 is 0.660 bits per heavy atom. The molecular formula is C36H52N6O5. The van der Waals surface area contributed by atoms with Crippen molar-refractivity contribution in [3.8, 4) is 0 Å². The Morgan fingerprint density at radius 2 is 1.17 bits per heavy atom. The van der Waals surface area contributed by atoms with Crippen LogP contribution in [0.5, 0.6) is 0 Å². The molecule has 0 radical (unpaired) electrons. The van der Waals surface area contributed by atoms with Crippen LogP contribution in [0.2, 0.25) is 0 Å². The number of nitrogens with two attached hydrogens (primary N) is 1. The molecule has 0 spiro atoms. The molecule has 0 bridgehead atoms. The highest BCUT2D eigenvalue weighted by Gasteiger charge is 2.38. The second-order valence-electron chi connectivity index (χ2n) is 13.2. The highest BCUT2D eigenvalue weighted by atomic mass is 16.2. The predicted molar refractivity (Wildman–Crippen MR) is 182 cm³/mol. The highest BCUT2D eigenvalue weighted by Crippen LogP contribution is 2.16. The van der Waals surface area contributed by atoms with Crippen LogP contribution in [0.25, 0.3) is 0 Å². The van der Waals surface area contributed by atoms with Crippen molar-refractivity contribution in [3.05, 3.63) is 71.8 Å². The van der Waals surface area contributed by atoms with Gasteiger partial charge in [0, 0.05) is 19.9 Å². The minimum atomic E-state index is -1.04. The van der Waals surface area contributed by atoms with E-state index >= 15 is 0 Å². The predicted octanol–water partition coefficient (Wildman–Crippen LogP) is 2.08. The largest absolute Gasteiger partial charge is 0.343 e. The van der Waals surface area contributed by atoms with E-state index in [2.05, 4.69) is 21.3 Å². The van der Waals surface area contributed by atoms with Crippen molar-refractivity contribution in [2.75, 3.05) is 13.6 Å². The zero-order chi connectivity index (χ0) is 34.5. The summed E-state index contributed by atoms with van der Waals surface area (Å²) in [4.78, 5) is 71.1. The summed E-state index contributed by atoms with van der Waals surface area (Å²) in [5.41, 5.74) is 7.35. The highest BCUT2D eigenvalue weighted by molar-refractivity contribution is 5.98. The number of nitrogens with zero attached hydrogens (tertiary/aromatic N) is 1. The lowest BCUT2D eigenvalue weighted by atomic mass is 9.98. The van der Waals surface area contributed by atoms with E-state index in [-0.39, 0.29) is 24.7 Å². The van der Waals surface area contributed by atoms with Gasteiger partial charge in [0.15, 0.2) is 0 Å². The average molecular weight is 649 g/mol. The van der Waals surface area contributed by atoms with Crippen LogP contribution in [0.1, 0.15) is 64.5 Å². The molecule has 47 heavy (non-hydrogen) atoms. The number of benzene rings is 2. The summed E-state index contributed by atoms with van der Waals surface area (Å²) in [6.45, 7) is 7.93. The number of rotatable bonds is 11. The summed E-state index contributed by atoms with van der Waals surface area (Å²) < 4.78 is 0. The average Bonchev–Trinajstić information content (AvgIpc) is 3.04. The summed E-state index contributed by atoms with van der Waals surface area (Å²) in [6.07, 6.45) is 2.20. The lowest BCUT2D eigenvalue weighted by molar-refractivity contribution is -0.143. The Bertz CT molecular complexity index is 1340. The zero-order valence-electron chi connectivity index (χ0n) is 28.3. The molecular weight excluding hydrogens is 596 g/mol. The van der Waals surface area contributed by atoms with Crippen molar-refractivity contribution < 1.29 is 24.0 Å². The Balaban J connectivity index is 2.11. The molecule has 0 aromatic heterocycles. The summed E-state index contributed by atoms with van der Waals surface area (Å²) in [5, 5.41) is 11.5. The van der Waals surface area contributed by atoms with Crippen molar-refractivity contribution in [1.82, 2.24) is 26.2 Å². The first-order chi connectivity index (χ1) is 22.4. The van der Waals surface area contributed by atoms with Gasteiger partial charge in [0.1, 0.15) is 30.2 Å². The van der Waals surface area contributed by atoms with Crippen molar-refractivity contribution in [2.45, 2.75) is 96.4 Å². The molecule has 2 aromatic carbocycles. The van der Waals surface area contributed by atoms with Crippen LogP contribution in [0.3, 0.4) is 0 Å². The van der Waals surface area contributed by atoms with Crippen LogP contribution in [-0.2, 0) is 36.8 Å². The van der Waals surface area contributed by atoms with Crippen molar-refractivity contribution in [2.24, 2.45) is 17.6 Å². The van der Waals surface area contributed by atoms with Crippen molar-refractivity contribution >= 4 is 29.5 Å². The molecule has 256 valence electrons. The monoisotopic (exact) mass is 648 g/mol. The molecule has 1 aliphatic heterocycles. The SMILES string of the molecule is CC(C)C[C@@H]1NC(=O)[C@H](Cc2ccccc2)NC(=O)[C@@H](Cc2ccccc2)N(C)C(=O)[C@H](C(C)C)NC(=O)[C@H](CCCCN)NC1=O. The van der Waals surface area contributed by atoms with E-state index in [4.69, 9.17) is 5.73 Å². The topological polar surface area (TPSA) is 163 Å². The molecule has 1 heterocycles. The van der Waals surface area contributed by atoms with E-state index in [1.165, 1.54) is 4.90 Å². The molecule has 5 atom stereocenters. The number of carbonyl (C=O) groups is 5. The van der Waals surface area contributed by atoms with Crippen LogP contribution in [0, 0.1) is 11.8 Å². The van der Waals surface area contributed by atoms with Gasteiger partial charge >= 0.3 is 0 Å². The number of unbranched alkanes of at least 4 members (excludes halogenated alkanes) is 1. The quantitative estimate of drug-likeness (QED) is 0.235. The maximum absolute atomic E-state index is 14.2. The van der Waals surface area contributed by atoms with E-state index in [9.17, 15) is 24.0 Å². The third-order valence-electron chi connectivity index (χ3n) is 8.46. The Morgan fingerprint density at radius 3 is 1.72 bits per heavy atom. The first-order valence-electron chi connectivity index (χ1n) is 16.7. The number of hydrogen-bond acceptors (Lipinski definition) is 6. The van der Waals surface area contributed by atoms with Gasteiger partial charge in [-0.3, -0.25) is 24.0 Å². The molecule has 2 aromatic rings. The lowest BCUT2D eigenvalue weighted by Gasteiger charge is -2.33. The molecule has 3 rings (SSSR count). The molecule has 11 nitrogen and oxygen atoms in total.